The van der Waals surface area contributed by atoms with Crippen LogP contribution in [-0.2, 0) is 21.7 Å². The molecule has 1 saturated heterocycles. The lowest BCUT2D eigenvalue weighted by atomic mass is 9.90. The van der Waals surface area contributed by atoms with Crippen molar-refractivity contribution in [1.82, 2.24) is 15.5 Å². The van der Waals surface area contributed by atoms with Crippen LogP contribution in [0, 0.1) is 0 Å². The Labute approximate surface area is 207 Å². The lowest BCUT2D eigenvalue weighted by Gasteiger charge is -2.22. The molecule has 2 aliphatic rings. The van der Waals surface area contributed by atoms with E-state index in [1.807, 2.05) is 42.5 Å². The molecule has 0 radical (unpaired) electrons. The van der Waals surface area contributed by atoms with Crippen LogP contribution in [0.25, 0.3) is 10.8 Å². The number of halogens is 1. The molecule has 0 spiro atoms. The molecule has 0 bridgehead atoms. The van der Waals surface area contributed by atoms with Crippen LogP contribution in [0.3, 0.4) is 0 Å². The molecule has 0 saturated carbocycles. The molecule has 9 heteroatoms. The quantitative estimate of drug-likeness (QED) is 0.528. The summed E-state index contributed by atoms with van der Waals surface area (Å²) in [7, 11) is 0. The van der Waals surface area contributed by atoms with Crippen LogP contribution >= 0.6 is 11.6 Å². The van der Waals surface area contributed by atoms with E-state index in [0.29, 0.717) is 40.9 Å². The van der Waals surface area contributed by atoms with Crippen LogP contribution in [0.1, 0.15) is 24.5 Å². The van der Waals surface area contributed by atoms with Crippen molar-refractivity contribution in [2.75, 3.05) is 19.8 Å². The number of nitrogens with one attached hydrogen (secondary N) is 2. The van der Waals surface area contributed by atoms with Gasteiger partial charge in [-0.15, -0.1) is 0 Å². The lowest BCUT2D eigenvalue weighted by molar-refractivity contribution is -0.134. The highest BCUT2D eigenvalue weighted by atomic mass is 35.5. The van der Waals surface area contributed by atoms with Crippen LogP contribution in [0.5, 0.6) is 11.5 Å². The fourth-order valence-corrected chi connectivity index (χ4v) is 4.61. The first-order valence-corrected chi connectivity index (χ1v) is 11.7. The minimum absolute atomic E-state index is 0.154. The summed E-state index contributed by atoms with van der Waals surface area (Å²) in [5.41, 5.74) is 0.105. The zero-order chi connectivity index (χ0) is 24.6. The van der Waals surface area contributed by atoms with E-state index in [-0.39, 0.29) is 6.54 Å². The Morgan fingerprint density at radius 1 is 1.09 bits per heavy atom. The van der Waals surface area contributed by atoms with Gasteiger partial charge in [-0.2, -0.15) is 0 Å². The zero-order valence-corrected chi connectivity index (χ0v) is 19.9. The Morgan fingerprint density at radius 2 is 1.86 bits per heavy atom. The Kier molecular flexibility index (Phi) is 5.98. The van der Waals surface area contributed by atoms with Crippen LogP contribution in [-0.4, -0.2) is 42.5 Å². The van der Waals surface area contributed by atoms with Gasteiger partial charge in [0.1, 0.15) is 12.1 Å². The molecule has 5 rings (SSSR count). The van der Waals surface area contributed by atoms with Crippen molar-refractivity contribution < 1.29 is 23.9 Å². The van der Waals surface area contributed by atoms with Gasteiger partial charge in [-0.3, -0.25) is 14.5 Å². The third kappa shape index (κ3) is 4.37. The number of urea groups is 1. The summed E-state index contributed by atoms with van der Waals surface area (Å²) in [6.07, 6.45) is 0.751. The first kappa shape index (κ1) is 23.0. The summed E-state index contributed by atoms with van der Waals surface area (Å²) in [5, 5.41) is 7.87. The average molecular weight is 494 g/mol. The minimum atomic E-state index is -1.26. The van der Waals surface area contributed by atoms with E-state index in [1.54, 1.807) is 19.1 Å². The van der Waals surface area contributed by atoms with Gasteiger partial charge in [-0.25, -0.2) is 4.79 Å². The van der Waals surface area contributed by atoms with Gasteiger partial charge in [-0.05, 0) is 47.0 Å². The number of hydrogen-bond acceptors (Lipinski definition) is 5. The fourth-order valence-electron chi connectivity index (χ4n) is 4.32. The number of imide groups is 1. The Balaban J connectivity index is 1.26. The van der Waals surface area contributed by atoms with Crippen molar-refractivity contribution >= 4 is 40.2 Å². The first-order chi connectivity index (χ1) is 16.8. The second kappa shape index (κ2) is 9.11. The monoisotopic (exact) mass is 493 g/mol. The molecule has 180 valence electrons. The van der Waals surface area contributed by atoms with Gasteiger partial charge in [0.15, 0.2) is 11.5 Å². The van der Waals surface area contributed by atoms with Crippen LogP contribution in [0.2, 0.25) is 5.02 Å². The van der Waals surface area contributed by atoms with Crippen molar-refractivity contribution in [2.45, 2.75) is 25.4 Å². The molecule has 1 unspecified atom stereocenters. The minimum Gasteiger partial charge on any atom is -0.489 e. The number of benzene rings is 3. The molecule has 8 nitrogen and oxygen atoms in total. The van der Waals surface area contributed by atoms with E-state index in [4.69, 9.17) is 21.1 Å². The summed E-state index contributed by atoms with van der Waals surface area (Å²) < 4.78 is 11.3. The number of carbonyl (C=O) groups is 3. The summed E-state index contributed by atoms with van der Waals surface area (Å²) in [4.78, 5) is 39.5. The van der Waals surface area contributed by atoms with E-state index in [9.17, 15) is 14.4 Å². The maximum Gasteiger partial charge on any atom is 0.325 e. The van der Waals surface area contributed by atoms with Crippen molar-refractivity contribution in [3.05, 3.63) is 70.7 Å². The number of carbonyl (C=O) groups excluding carboxylic acids is 3. The molecule has 3 aromatic carbocycles. The molecule has 4 amide bonds. The van der Waals surface area contributed by atoms with Crippen LogP contribution < -0.4 is 20.1 Å². The molecular formula is C26H24ClN3O5. The van der Waals surface area contributed by atoms with Gasteiger partial charge < -0.3 is 20.1 Å². The number of rotatable bonds is 5. The predicted octanol–water partition coefficient (Wildman–Crippen LogP) is 3.74. The second-order valence-electron chi connectivity index (χ2n) is 8.74. The first-order valence-electron chi connectivity index (χ1n) is 11.3. The van der Waals surface area contributed by atoms with Gasteiger partial charge in [0.25, 0.3) is 5.91 Å². The van der Waals surface area contributed by atoms with E-state index >= 15 is 0 Å². The maximum absolute atomic E-state index is 13.2. The smallest absolute Gasteiger partial charge is 0.325 e. The molecule has 0 aromatic heterocycles. The van der Waals surface area contributed by atoms with Gasteiger partial charge in [-0.1, -0.05) is 48.0 Å². The molecule has 1 fully saturated rings. The Bertz CT molecular complexity index is 1340. The molecule has 2 N–H and O–H groups in total. The molecule has 0 aliphatic carbocycles. The number of nitrogens with zero attached hydrogens (tertiary/aromatic N) is 1. The van der Waals surface area contributed by atoms with E-state index < -0.39 is 29.9 Å². The molecular weight excluding hydrogens is 470 g/mol. The van der Waals surface area contributed by atoms with E-state index in [1.165, 1.54) is 0 Å². The highest BCUT2D eigenvalue weighted by molar-refractivity contribution is 6.32. The summed E-state index contributed by atoms with van der Waals surface area (Å²) in [6.45, 7) is 2.44. The van der Waals surface area contributed by atoms with Crippen molar-refractivity contribution in [3.8, 4) is 11.5 Å². The van der Waals surface area contributed by atoms with Crippen LogP contribution in [0.15, 0.2) is 54.6 Å². The van der Waals surface area contributed by atoms with Gasteiger partial charge in [0, 0.05) is 13.0 Å². The molecule has 35 heavy (non-hydrogen) atoms. The SMILES string of the molecule is CC1(c2ccc3ccccc3c2)NC(=O)N(CC(=O)NCc2cc(Cl)c3c(c2)OCCCO3)C1=O. The van der Waals surface area contributed by atoms with Crippen molar-refractivity contribution in [2.24, 2.45) is 0 Å². The molecule has 2 aliphatic heterocycles. The largest absolute Gasteiger partial charge is 0.489 e. The number of ether oxygens (including phenoxy) is 2. The fraction of sp³-hybridized carbons (Fsp3) is 0.269. The summed E-state index contributed by atoms with van der Waals surface area (Å²) in [6, 6.07) is 16.2. The molecule has 1 atom stereocenters. The Hall–Kier alpha value is -3.78. The number of fused-ring (bicyclic) bond motifs is 2. The van der Waals surface area contributed by atoms with Crippen LogP contribution in [0.4, 0.5) is 4.79 Å². The standard InChI is InChI=1S/C26H24ClN3O5/c1-26(19-8-7-17-5-2-3-6-18(17)13-19)24(32)30(25(33)29-26)15-22(31)28-14-16-11-20(27)23-21(12-16)34-9-4-10-35-23/h2-3,5-8,11-13H,4,9-10,14-15H2,1H3,(H,28,31)(H,29,33). The highest BCUT2D eigenvalue weighted by Crippen LogP contribution is 2.38. The van der Waals surface area contributed by atoms with Gasteiger partial charge >= 0.3 is 6.03 Å². The van der Waals surface area contributed by atoms with Crippen molar-refractivity contribution in [1.29, 1.82) is 0 Å². The summed E-state index contributed by atoms with van der Waals surface area (Å²) >= 11 is 6.31. The molecule has 3 aromatic rings. The Morgan fingerprint density at radius 3 is 2.69 bits per heavy atom. The van der Waals surface area contributed by atoms with E-state index in [0.717, 1.165) is 22.1 Å². The number of amides is 4. The lowest BCUT2D eigenvalue weighted by Crippen LogP contribution is -2.43. The second-order valence-corrected chi connectivity index (χ2v) is 9.15. The zero-order valence-electron chi connectivity index (χ0n) is 19.1. The van der Waals surface area contributed by atoms with E-state index in [2.05, 4.69) is 10.6 Å². The predicted molar refractivity (Wildman–Crippen MR) is 130 cm³/mol. The molecule has 2 heterocycles. The topological polar surface area (TPSA) is 97.0 Å². The summed E-state index contributed by atoms with van der Waals surface area (Å²) in [5.74, 6) is 0.0668. The normalized spacial score (nSPS) is 19.4. The third-order valence-electron chi connectivity index (χ3n) is 6.26. The van der Waals surface area contributed by atoms with Gasteiger partial charge in [0.05, 0.1) is 18.2 Å². The number of hydrogen-bond donors (Lipinski definition) is 2. The van der Waals surface area contributed by atoms with Crippen molar-refractivity contribution in [3.63, 3.8) is 0 Å². The third-order valence-corrected chi connectivity index (χ3v) is 6.54. The average Bonchev–Trinajstić information content (AvgIpc) is 3.01. The highest BCUT2D eigenvalue weighted by Gasteiger charge is 2.49. The maximum atomic E-state index is 13.2. The van der Waals surface area contributed by atoms with Gasteiger partial charge in [0.2, 0.25) is 5.91 Å².